The van der Waals surface area contributed by atoms with Crippen LogP contribution in [0.4, 0.5) is 10.5 Å². The smallest absolute Gasteiger partial charge is 0.319 e. The highest BCUT2D eigenvalue weighted by atomic mass is 32.2. The molecule has 180 valence electrons. The summed E-state index contributed by atoms with van der Waals surface area (Å²) in [5, 5.41) is 15.6. The molecule has 4 rings (SSSR count). The second-order valence-corrected chi connectivity index (χ2v) is 9.83. The van der Waals surface area contributed by atoms with Gasteiger partial charge in [0.2, 0.25) is 0 Å². The molecular formula is C28H31N5OS. The number of urea groups is 1. The first kappa shape index (κ1) is 24.5. The molecule has 1 heterocycles. The summed E-state index contributed by atoms with van der Waals surface area (Å²) in [6.45, 7) is 8.27. The van der Waals surface area contributed by atoms with Crippen LogP contribution in [0, 0.1) is 6.92 Å². The van der Waals surface area contributed by atoms with E-state index in [-0.39, 0.29) is 12.1 Å². The number of nitrogens with one attached hydrogen (secondary N) is 2. The minimum Gasteiger partial charge on any atom is -0.328 e. The summed E-state index contributed by atoms with van der Waals surface area (Å²) >= 11 is 1.62. The van der Waals surface area contributed by atoms with E-state index in [0.29, 0.717) is 11.7 Å². The van der Waals surface area contributed by atoms with Crippen molar-refractivity contribution in [2.45, 2.75) is 50.6 Å². The molecule has 6 nitrogen and oxygen atoms in total. The second-order valence-electron chi connectivity index (χ2n) is 8.88. The average Bonchev–Trinajstić information content (AvgIpc) is 3.28. The van der Waals surface area contributed by atoms with Gasteiger partial charge >= 0.3 is 6.03 Å². The molecule has 1 atom stereocenters. The number of aromatic nitrogens is 3. The van der Waals surface area contributed by atoms with Gasteiger partial charge in [-0.2, -0.15) is 0 Å². The van der Waals surface area contributed by atoms with Gasteiger partial charge in [0.25, 0.3) is 0 Å². The van der Waals surface area contributed by atoms with Crippen LogP contribution in [-0.2, 0) is 5.75 Å². The number of aryl methyl sites for hydroxylation is 1. The Morgan fingerprint density at radius 2 is 1.60 bits per heavy atom. The lowest BCUT2D eigenvalue weighted by Crippen LogP contribution is -2.32. The van der Waals surface area contributed by atoms with Crippen molar-refractivity contribution in [2.75, 3.05) is 5.32 Å². The predicted molar refractivity (Wildman–Crippen MR) is 143 cm³/mol. The van der Waals surface area contributed by atoms with Gasteiger partial charge in [-0.15, -0.1) is 10.2 Å². The number of hydrogen-bond acceptors (Lipinski definition) is 4. The lowest BCUT2D eigenvalue weighted by atomic mass is 10.0. The molecule has 0 aliphatic heterocycles. The van der Waals surface area contributed by atoms with Crippen LogP contribution >= 0.6 is 11.8 Å². The second kappa shape index (κ2) is 11.2. The number of benzene rings is 3. The summed E-state index contributed by atoms with van der Waals surface area (Å²) in [6, 6.07) is 25.8. The third-order valence-electron chi connectivity index (χ3n) is 5.73. The van der Waals surface area contributed by atoms with Crippen molar-refractivity contribution in [3.63, 3.8) is 0 Å². The maximum absolute atomic E-state index is 12.7. The highest BCUT2D eigenvalue weighted by molar-refractivity contribution is 7.98. The first-order valence-electron chi connectivity index (χ1n) is 11.8. The third-order valence-corrected chi connectivity index (χ3v) is 6.73. The fourth-order valence-electron chi connectivity index (χ4n) is 3.69. The van der Waals surface area contributed by atoms with Gasteiger partial charge in [0.15, 0.2) is 11.0 Å². The van der Waals surface area contributed by atoms with Crippen molar-refractivity contribution in [1.29, 1.82) is 0 Å². The highest BCUT2D eigenvalue weighted by Crippen LogP contribution is 2.28. The van der Waals surface area contributed by atoms with Crippen molar-refractivity contribution in [3.05, 3.63) is 101 Å². The van der Waals surface area contributed by atoms with Gasteiger partial charge in [-0.1, -0.05) is 85.8 Å². The van der Waals surface area contributed by atoms with E-state index < -0.39 is 0 Å². The summed E-state index contributed by atoms with van der Waals surface area (Å²) in [5.74, 6) is 1.90. The van der Waals surface area contributed by atoms with Crippen molar-refractivity contribution < 1.29 is 4.79 Å². The molecule has 3 aromatic carbocycles. The number of thioether (sulfide) groups is 1. The Kier molecular flexibility index (Phi) is 7.87. The van der Waals surface area contributed by atoms with E-state index in [0.717, 1.165) is 22.3 Å². The Morgan fingerprint density at radius 3 is 2.26 bits per heavy atom. The van der Waals surface area contributed by atoms with E-state index in [9.17, 15) is 4.79 Å². The van der Waals surface area contributed by atoms with Gasteiger partial charge in [0, 0.05) is 17.1 Å². The molecule has 4 aromatic rings. The quantitative estimate of drug-likeness (QED) is 0.267. The molecule has 0 aliphatic carbocycles. The molecule has 1 unspecified atom stereocenters. The number of carbonyl (C=O) groups is 1. The summed E-state index contributed by atoms with van der Waals surface area (Å²) in [7, 11) is 0. The summed E-state index contributed by atoms with van der Waals surface area (Å²) < 4.78 is 2.02. The Hall–Kier alpha value is -3.58. The number of nitrogens with zero attached hydrogens (tertiary/aromatic N) is 3. The molecule has 0 saturated carbocycles. The van der Waals surface area contributed by atoms with Gasteiger partial charge < -0.3 is 10.6 Å². The van der Waals surface area contributed by atoms with Crippen molar-refractivity contribution in [3.8, 4) is 5.69 Å². The van der Waals surface area contributed by atoms with Crippen LogP contribution in [0.3, 0.4) is 0 Å². The van der Waals surface area contributed by atoms with Crippen molar-refractivity contribution in [2.24, 2.45) is 0 Å². The average molecular weight is 486 g/mol. The number of anilines is 1. The molecule has 0 saturated heterocycles. The highest BCUT2D eigenvalue weighted by Gasteiger charge is 2.21. The number of carbonyl (C=O) groups excluding carboxylic acids is 1. The number of rotatable bonds is 8. The third kappa shape index (κ3) is 6.31. The molecule has 0 aliphatic rings. The largest absolute Gasteiger partial charge is 0.328 e. The fraction of sp³-hybridized carbons (Fsp3) is 0.250. The molecular weight excluding hydrogens is 454 g/mol. The normalized spacial score (nSPS) is 11.9. The zero-order valence-electron chi connectivity index (χ0n) is 20.5. The molecule has 0 radical (unpaired) electrons. The Bertz CT molecular complexity index is 1250. The van der Waals surface area contributed by atoms with Gasteiger partial charge in [0.1, 0.15) is 0 Å². The first-order valence-corrected chi connectivity index (χ1v) is 12.8. The van der Waals surface area contributed by atoms with Crippen LogP contribution in [-0.4, -0.2) is 20.8 Å². The van der Waals surface area contributed by atoms with Crippen LogP contribution in [0.25, 0.3) is 5.69 Å². The molecule has 2 amide bonds. The molecule has 0 spiro atoms. The van der Waals surface area contributed by atoms with Crippen molar-refractivity contribution in [1.82, 2.24) is 20.1 Å². The van der Waals surface area contributed by atoms with Crippen LogP contribution in [0.2, 0.25) is 0 Å². The monoisotopic (exact) mass is 485 g/mol. The molecule has 2 N–H and O–H groups in total. The molecule has 1 aromatic heterocycles. The standard InChI is InChI=1S/C28H31N5OS/c1-19(2)23-12-14-24(15-13-23)30-27(34)29-21(4)26-31-32-28(35-18-22-8-6-5-7-9-22)33(26)25-16-10-20(3)11-17-25/h5-17,19,21H,18H2,1-4H3,(H2,29,30,34). The summed E-state index contributed by atoms with van der Waals surface area (Å²) in [4.78, 5) is 12.7. The topological polar surface area (TPSA) is 71.8 Å². The Labute approximate surface area is 211 Å². The predicted octanol–water partition coefficient (Wildman–Crippen LogP) is 6.87. The maximum Gasteiger partial charge on any atom is 0.319 e. The van der Waals surface area contributed by atoms with E-state index in [1.54, 1.807) is 11.8 Å². The fourth-order valence-corrected chi connectivity index (χ4v) is 4.61. The zero-order chi connectivity index (χ0) is 24.8. The van der Waals surface area contributed by atoms with E-state index in [2.05, 4.69) is 78.0 Å². The van der Waals surface area contributed by atoms with Crippen LogP contribution in [0.15, 0.2) is 84.0 Å². The number of hydrogen-bond donors (Lipinski definition) is 2. The Balaban J connectivity index is 1.52. The van der Waals surface area contributed by atoms with E-state index in [4.69, 9.17) is 0 Å². The summed E-state index contributed by atoms with van der Waals surface area (Å²) in [6.07, 6.45) is 0. The zero-order valence-corrected chi connectivity index (χ0v) is 21.3. The van der Waals surface area contributed by atoms with Crippen LogP contribution in [0.1, 0.15) is 55.2 Å². The minimum atomic E-state index is -0.357. The van der Waals surface area contributed by atoms with Gasteiger partial charge in [-0.25, -0.2) is 4.79 Å². The minimum absolute atomic E-state index is 0.285. The van der Waals surface area contributed by atoms with E-state index in [1.165, 1.54) is 16.7 Å². The molecule has 0 bridgehead atoms. The molecule has 0 fully saturated rings. The lowest BCUT2D eigenvalue weighted by molar-refractivity contribution is 0.249. The van der Waals surface area contributed by atoms with E-state index in [1.807, 2.05) is 54.0 Å². The van der Waals surface area contributed by atoms with Gasteiger partial charge in [-0.3, -0.25) is 4.57 Å². The van der Waals surface area contributed by atoms with E-state index >= 15 is 0 Å². The summed E-state index contributed by atoms with van der Waals surface area (Å²) in [5.41, 5.74) is 5.33. The first-order chi connectivity index (χ1) is 16.9. The van der Waals surface area contributed by atoms with Gasteiger partial charge in [-0.05, 0) is 55.2 Å². The SMILES string of the molecule is Cc1ccc(-n2c(SCc3ccccc3)nnc2C(C)NC(=O)Nc2ccc(C(C)C)cc2)cc1. The molecule has 7 heteroatoms. The van der Waals surface area contributed by atoms with Crippen LogP contribution < -0.4 is 10.6 Å². The number of amides is 2. The van der Waals surface area contributed by atoms with Crippen molar-refractivity contribution >= 4 is 23.5 Å². The van der Waals surface area contributed by atoms with Gasteiger partial charge in [0.05, 0.1) is 6.04 Å². The maximum atomic E-state index is 12.7. The molecule has 35 heavy (non-hydrogen) atoms. The Morgan fingerprint density at radius 1 is 0.914 bits per heavy atom. The van der Waals surface area contributed by atoms with Crippen LogP contribution in [0.5, 0.6) is 0 Å². The lowest BCUT2D eigenvalue weighted by Gasteiger charge is -2.17.